The summed E-state index contributed by atoms with van der Waals surface area (Å²) in [6, 6.07) is 1.11. The smallest absolute Gasteiger partial charge is 0.350 e. The third-order valence-electron chi connectivity index (χ3n) is 2.61. The van der Waals surface area contributed by atoms with Gasteiger partial charge in [0, 0.05) is 6.42 Å². The van der Waals surface area contributed by atoms with Gasteiger partial charge in [-0.05, 0) is 17.9 Å². The molecule has 2 amide bonds. The molecule has 1 aliphatic heterocycles. The highest BCUT2D eigenvalue weighted by Gasteiger charge is 2.28. The summed E-state index contributed by atoms with van der Waals surface area (Å²) in [5, 5.41) is 6.88. The highest BCUT2D eigenvalue weighted by Crippen LogP contribution is 2.23. The van der Waals surface area contributed by atoms with Crippen molar-refractivity contribution in [1.29, 1.82) is 0 Å². The molecule has 0 radical (unpaired) electrons. The molecule has 2 heterocycles. The molecule has 0 unspecified atom stereocenters. The first-order valence-corrected chi connectivity index (χ1v) is 6.26. The zero-order chi connectivity index (χ0) is 13.1. The Hall–Kier alpha value is -1.89. The van der Waals surface area contributed by atoms with Gasteiger partial charge in [0.25, 0.3) is 0 Å². The lowest BCUT2D eigenvalue weighted by Gasteiger charge is -2.10. The van der Waals surface area contributed by atoms with E-state index in [4.69, 9.17) is 0 Å². The van der Waals surface area contributed by atoms with Gasteiger partial charge in [0.05, 0.1) is 12.8 Å². The number of methoxy groups -OCH3 is 1. The standard InChI is InChI=1S/C11H12N2O4S/c1-17-11(16)9-6(4-5-18-9)13-10(15)7-2-3-8(14)12-7/h4-5,7H,2-3H2,1H3,(H,12,14)(H,13,15)/t7-/m0/s1. The van der Waals surface area contributed by atoms with Gasteiger partial charge in [-0.2, -0.15) is 0 Å². The van der Waals surface area contributed by atoms with Crippen molar-refractivity contribution in [3.05, 3.63) is 16.3 Å². The maximum atomic E-state index is 11.8. The molecule has 7 heteroatoms. The second-order valence-electron chi connectivity index (χ2n) is 3.80. The summed E-state index contributed by atoms with van der Waals surface area (Å²) in [6.45, 7) is 0. The van der Waals surface area contributed by atoms with Gasteiger partial charge in [-0.1, -0.05) is 0 Å². The molecule has 18 heavy (non-hydrogen) atoms. The van der Waals surface area contributed by atoms with Crippen LogP contribution in [0.3, 0.4) is 0 Å². The number of hydrogen-bond donors (Lipinski definition) is 2. The first-order chi connectivity index (χ1) is 8.61. The molecule has 1 atom stereocenters. The summed E-state index contributed by atoms with van der Waals surface area (Å²) in [4.78, 5) is 34.6. The Morgan fingerprint density at radius 3 is 2.94 bits per heavy atom. The summed E-state index contributed by atoms with van der Waals surface area (Å²) < 4.78 is 4.61. The van der Waals surface area contributed by atoms with Crippen LogP contribution in [-0.2, 0) is 14.3 Å². The van der Waals surface area contributed by atoms with Gasteiger partial charge in [0.2, 0.25) is 11.8 Å². The number of rotatable bonds is 3. The summed E-state index contributed by atoms with van der Waals surface area (Å²) in [6.07, 6.45) is 0.827. The van der Waals surface area contributed by atoms with E-state index in [1.54, 1.807) is 11.4 Å². The molecule has 0 spiro atoms. The summed E-state index contributed by atoms with van der Waals surface area (Å²) >= 11 is 1.19. The Kier molecular flexibility index (Phi) is 3.61. The molecule has 6 nitrogen and oxygen atoms in total. The van der Waals surface area contributed by atoms with Crippen LogP contribution in [0.4, 0.5) is 5.69 Å². The number of carbonyl (C=O) groups excluding carboxylic acids is 3. The van der Waals surface area contributed by atoms with E-state index in [0.717, 1.165) is 0 Å². The lowest BCUT2D eigenvalue weighted by atomic mass is 10.2. The maximum Gasteiger partial charge on any atom is 0.350 e. The Bertz CT molecular complexity index is 497. The Balaban J connectivity index is 2.05. The molecule has 0 saturated carbocycles. The molecule has 1 aromatic rings. The van der Waals surface area contributed by atoms with Crippen molar-refractivity contribution < 1.29 is 19.1 Å². The molecule has 1 fully saturated rings. The lowest BCUT2D eigenvalue weighted by molar-refractivity contribution is -0.122. The Labute approximate surface area is 107 Å². The van der Waals surface area contributed by atoms with Gasteiger partial charge in [0.15, 0.2) is 0 Å². The number of esters is 1. The highest BCUT2D eigenvalue weighted by molar-refractivity contribution is 7.12. The van der Waals surface area contributed by atoms with E-state index >= 15 is 0 Å². The maximum absolute atomic E-state index is 11.8. The predicted molar refractivity (Wildman–Crippen MR) is 65.5 cm³/mol. The second-order valence-corrected chi connectivity index (χ2v) is 4.72. The van der Waals surface area contributed by atoms with E-state index < -0.39 is 12.0 Å². The van der Waals surface area contributed by atoms with Crippen molar-refractivity contribution in [1.82, 2.24) is 5.32 Å². The summed E-state index contributed by atoms with van der Waals surface area (Å²) in [5.41, 5.74) is 0.415. The van der Waals surface area contributed by atoms with Gasteiger partial charge in [0.1, 0.15) is 10.9 Å². The minimum atomic E-state index is -0.525. The lowest BCUT2D eigenvalue weighted by Crippen LogP contribution is -2.37. The zero-order valence-corrected chi connectivity index (χ0v) is 10.5. The van der Waals surface area contributed by atoms with Gasteiger partial charge in [-0.25, -0.2) is 4.79 Å². The van der Waals surface area contributed by atoms with Crippen LogP contribution in [0.5, 0.6) is 0 Å². The first kappa shape index (κ1) is 12.6. The topological polar surface area (TPSA) is 84.5 Å². The monoisotopic (exact) mass is 268 g/mol. The number of thiophene rings is 1. The van der Waals surface area contributed by atoms with E-state index in [0.29, 0.717) is 23.4 Å². The fourth-order valence-corrected chi connectivity index (χ4v) is 2.45. The minimum absolute atomic E-state index is 0.131. The predicted octanol–water partition coefficient (Wildman–Crippen LogP) is 0.752. The fraction of sp³-hybridized carbons (Fsp3) is 0.364. The van der Waals surface area contributed by atoms with Crippen molar-refractivity contribution in [2.24, 2.45) is 0 Å². The van der Waals surface area contributed by atoms with Gasteiger partial charge >= 0.3 is 5.97 Å². The molecule has 2 N–H and O–H groups in total. The number of nitrogens with one attached hydrogen (secondary N) is 2. The van der Waals surface area contributed by atoms with Gasteiger partial charge in [-0.3, -0.25) is 9.59 Å². The van der Waals surface area contributed by atoms with Crippen LogP contribution in [0.25, 0.3) is 0 Å². The van der Waals surface area contributed by atoms with E-state index in [2.05, 4.69) is 15.4 Å². The van der Waals surface area contributed by atoms with E-state index in [9.17, 15) is 14.4 Å². The van der Waals surface area contributed by atoms with E-state index in [-0.39, 0.29) is 11.8 Å². The van der Waals surface area contributed by atoms with Crippen molar-refractivity contribution >= 4 is 34.8 Å². The summed E-state index contributed by atoms with van der Waals surface area (Å²) in [5.74, 6) is -0.936. The Morgan fingerprint density at radius 1 is 1.56 bits per heavy atom. The van der Waals surface area contributed by atoms with Gasteiger partial charge < -0.3 is 15.4 Å². The van der Waals surface area contributed by atoms with Crippen LogP contribution in [0, 0.1) is 0 Å². The third kappa shape index (κ3) is 2.51. The number of amides is 2. The van der Waals surface area contributed by atoms with Crippen LogP contribution >= 0.6 is 11.3 Å². The molecule has 96 valence electrons. The van der Waals surface area contributed by atoms with Crippen LogP contribution in [-0.4, -0.2) is 30.9 Å². The van der Waals surface area contributed by atoms with E-state index in [1.807, 2.05) is 0 Å². The number of ether oxygens (including phenoxy) is 1. The average molecular weight is 268 g/mol. The number of hydrogen-bond acceptors (Lipinski definition) is 5. The molecule has 2 rings (SSSR count). The van der Waals surface area contributed by atoms with Crippen molar-refractivity contribution in [2.45, 2.75) is 18.9 Å². The quantitative estimate of drug-likeness (QED) is 0.792. The van der Waals surface area contributed by atoms with Crippen molar-refractivity contribution in [2.75, 3.05) is 12.4 Å². The van der Waals surface area contributed by atoms with Crippen molar-refractivity contribution in [3.63, 3.8) is 0 Å². The summed E-state index contributed by atoms with van der Waals surface area (Å²) in [7, 11) is 1.28. The molecular weight excluding hydrogens is 256 g/mol. The number of carbonyl (C=O) groups is 3. The fourth-order valence-electron chi connectivity index (χ4n) is 1.69. The molecule has 1 aromatic heterocycles. The van der Waals surface area contributed by atoms with Crippen LogP contribution in [0.1, 0.15) is 22.5 Å². The van der Waals surface area contributed by atoms with Crippen LogP contribution < -0.4 is 10.6 Å². The molecule has 0 bridgehead atoms. The minimum Gasteiger partial charge on any atom is -0.465 e. The second kappa shape index (κ2) is 5.18. The molecular formula is C11H12N2O4S. The zero-order valence-electron chi connectivity index (χ0n) is 9.69. The normalized spacial score (nSPS) is 18.3. The largest absolute Gasteiger partial charge is 0.465 e. The first-order valence-electron chi connectivity index (χ1n) is 5.38. The average Bonchev–Trinajstić information content (AvgIpc) is 2.97. The van der Waals surface area contributed by atoms with E-state index in [1.165, 1.54) is 18.4 Å². The van der Waals surface area contributed by atoms with Crippen LogP contribution in [0.15, 0.2) is 11.4 Å². The molecule has 0 aliphatic carbocycles. The molecule has 0 aromatic carbocycles. The SMILES string of the molecule is COC(=O)c1sccc1NC(=O)[C@@H]1CCC(=O)N1. The molecule has 1 saturated heterocycles. The van der Waals surface area contributed by atoms with Crippen molar-refractivity contribution in [3.8, 4) is 0 Å². The van der Waals surface area contributed by atoms with Gasteiger partial charge in [-0.15, -0.1) is 11.3 Å². The third-order valence-corrected chi connectivity index (χ3v) is 3.50. The highest BCUT2D eigenvalue weighted by atomic mass is 32.1. The Morgan fingerprint density at radius 2 is 2.33 bits per heavy atom. The van der Waals surface area contributed by atoms with Crippen LogP contribution in [0.2, 0.25) is 0 Å². The number of anilines is 1. The molecule has 1 aliphatic rings.